The van der Waals surface area contributed by atoms with Gasteiger partial charge in [-0.2, -0.15) is 0 Å². The zero-order valence-electron chi connectivity index (χ0n) is 21.0. The molecule has 0 spiro atoms. The largest absolute Gasteiger partial charge is 0.573 e. The number of ether oxygens (including phenoxy) is 1. The van der Waals surface area contributed by atoms with Crippen LogP contribution >= 0.6 is 0 Å². The van der Waals surface area contributed by atoms with Crippen LogP contribution in [0.1, 0.15) is 12.5 Å². The molecule has 1 aliphatic rings. The van der Waals surface area contributed by atoms with Gasteiger partial charge in [0.1, 0.15) is 16.5 Å². The summed E-state index contributed by atoms with van der Waals surface area (Å²) < 4.78 is 84.2. The lowest BCUT2D eigenvalue weighted by atomic mass is 10.1. The standard InChI is InChI=1S/C28H25F4N3O3S/c1-2-19-3-10-23(11-4-19)39(36,37)26-18-33-25-12-9-22(38-28(30,31)32)17-24(25)27(26)35-15-13-34(14-16-35)21-7-5-20(29)6-8-21/h3-12,17-18H,2,13-16H2,1H3. The molecule has 0 bridgehead atoms. The van der Waals surface area contributed by atoms with Crippen LogP contribution in [0.5, 0.6) is 5.75 Å². The quantitative estimate of drug-likeness (QED) is 0.270. The van der Waals surface area contributed by atoms with E-state index in [1.807, 2.05) is 16.7 Å². The molecule has 2 heterocycles. The summed E-state index contributed by atoms with van der Waals surface area (Å²) in [5, 5.41) is 0.234. The number of alkyl halides is 3. The van der Waals surface area contributed by atoms with Gasteiger partial charge in [0.15, 0.2) is 0 Å². The van der Waals surface area contributed by atoms with Gasteiger partial charge >= 0.3 is 6.36 Å². The van der Waals surface area contributed by atoms with Crippen LogP contribution in [0.15, 0.2) is 82.7 Å². The summed E-state index contributed by atoms with van der Waals surface area (Å²) in [6.07, 6.45) is -2.91. The third-order valence-electron chi connectivity index (χ3n) is 6.73. The molecule has 0 aliphatic carbocycles. The summed E-state index contributed by atoms with van der Waals surface area (Å²) in [6, 6.07) is 16.3. The molecule has 0 radical (unpaired) electrons. The van der Waals surface area contributed by atoms with Gasteiger partial charge in [-0.25, -0.2) is 12.8 Å². The zero-order chi connectivity index (χ0) is 27.8. The summed E-state index contributed by atoms with van der Waals surface area (Å²) in [4.78, 5) is 8.13. The molecule has 5 rings (SSSR count). The molecule has 0 unspecified atom stereocenters. The van der Waals surface area contributed by atoms with Crippen LogP contribution in [0.25, 0.3) is 10.9 Å². The fourth-order valence-electron chi connectivity index (χ4n) is 4.73. The highest BCUT2D eigenvalue weighted by Crippen LogP contribution is 2.39. The second kappa shape index (κ2) is 10.4. The number of sulfone groups is 1. The van der Waals surface area contributed by atoms with Crippen LogP contribution in [-0.2, 0) is 16.3 Å². The Bertz CT molecular complexity index is 1580. The lowest BCUT2D eigenvalue weighted by molar-refractivity contribution is -0.274. The van der Waals surface area contributed by atoms with Crippen LogP contribution in [0.2, 0.25) is 0 Å². The Morgan fingerprint density at radius 3 is 2.15 bits per heavy atom. The number of pyridine rings is 1. The molecule has 0 saturated carbocycles. The van der Waals surface area contributed by atoms with Crippen LogP contribution < -0.4 is 14.5 Å². The summed E-state index contributed by atoms with van der Waals surface area (Å²) in [6.45, 7) is 3.68. The fourth-order valence-corrected chi connectivity index (χ4v) is 6.16. The van der Waals surface area contributed by atoms with Gasteiger partial charge in [0.05, 0.1) is 16.1 Å². The Balaban J connectivity index is 1.59. The first-order chi connectivity index (χ1) is 18.5. The van der Waals surface area contributed by atoms with Crippen molar-refractivity contribution >= 4 is 32.1 Å². The number of anilines is 2. The predicted molar refractivity (Wildman–Crippen MR) is 141 cm³/mol. The molecule has 0 N–H and O–H groups in total. The molecule has 11 heteroatoms. The van der Waals surface area contributed by atoms with E-state index in [9.17, 15) is 26.0 Å². The number of piperazine rings is 1. The average Bonchev–Trinajstić information content (AvgIpc) is 2.92. The van der Waals surface area contributed by atoms with E-state index in [0.717, 1.165) is 23.7 Å². The van der Waals surface area contributed by atoms with Crippen LogP contribution in [0.4, 0.5) is 28.9 Å². The first-order valence-electron chi connectivity index (χ1n) is 12.3. The van der Waals surface area contributed by atoms with Crippen LogP contribution in [0.3, 0.4) is 0 Å². The molecule has 1 aromatic heterocycles. The maximum atomic E-state index is 13.8. The second-order valence-electron chi connectivity index (χ2n) is 9.15. The van der Waals surface area contributed by atoms with Crippen molar-refractivity contribution in [3.05, 3.63) is 84.3 Å². The molecule has 4 aromatic rings. The number of nitrogens with zero attached hydrogens (tertiary/aromatic N) is 3. The smallest absolute Gasteiger partial charge is 0.406 e. The summed E-state index contributed by atoms with van der Waals surface area (Å²) >= 11 is 0. The Labute approximate surface area is 223 Å². The number of rotatable bonds is 6. The molecule has 6 nitrogen and oxygen atoms in total. The van der Waals surface area contributed by atoms with Crippen molar-refractivity contribution < 1.29 is 30.7 Å². The zero-order valence-corrected chi connectivity index (χ0v) is 21.8. The number of fused-ring (bicyclic) bond motifs is 1. The summed E-state index contributed by atoms with van der Waals surface area (Å²) in [5.74, 6) is -0.816. The van der Waals surface area contributed by atoms with E-state index in [1.54, 1.807) is 24.3 Å². The van der Waals surface area contributed by atoms with E-state index < -0.39 is 21.9 Å². The molecule has 3 aromatic carbocycles. The SMILES string of the molecule is CCc1ccc(S(=O)(=O)c2cnc3ccc(OC(F)(F)F)cc3c2N2CCN(c3ccc(F)cc3)CC2)cc1. The molecule has 1 aliphatic heterocycles. The van der Waals surface area contributed by atoms with Crippen molar-refractivity contribution in [1.82, 2.24) is 4.98 Å². The van der Waals surface area contributed by atoms with E-state index in [-0.39, 0.29) is 26.7 Å². The van der Waals surface area contributed by atoms with Gasteiger partial charge in [-0.15, -0.1) is 13.2 Å². The summed E-state index contributed by atoms with van der Waals surface area (Å²) in [5.41, 5.74) is 2.39. The van der Waals surface area contributed by atoms with Crippen molar-refractivity contribution in [2.75, 3.05) is 36.0 Å². The van der Waals surface area contributed by atoms with E-state index in [0.29, 0.717) is 31.7 Å². The van der Waals surface area contributed by atoms with Crippen molar-refractivity contribution in [2.45, 2.75) is 29.5 Å². The van der Waals surface area contributed by atoms with Gasteiger partial charge < -0.3 is 14.5 Å². The first kappa shape index (κ1) is 26.7. The monoisotopic (exact) mass is 559 g/mol. The summed E-state index contributed by atoms with van der Waals surface area (Å²) in [7, 11) is -4.08. The van der Waals surface area contributed by atoms with Gasteiger partial charge in [-0.1, -0.05) is 19.1 Å². The molecule has 39 heavy (non-hydrogen) atoms. The molecule has 1 fully saturated rings. The van der Waals surface area contributed by atoms with Crippen molar-refractivity contribution in [3.8, 4) is 5.75 Å². The lowest BCUT2D eigenvalue weighted by Gasteiger charge is -2.38. The number of aromatic nitrogens is 1. The second-order valence-corrected chi connectivity index (χ2v) is 11.1. The van der Waals surface area contributed by atoms with Gasteiger partial charge in [-0.3, -0.25) is 4.98 Å². The lowest BCUT2D eigenvalue weighted by Crippen LogP contribution is -2.47. The number of hydrogen-bond donors (Lipinski definition) is 0. The topological polar surface area (TPSA) is 62.7 Å². The van der Waals surface area contributed by atoms with E-state index in [1.165, 1.54) is 42.6 Å². The first-order valence-corrected chi connectivity index (χ1v) is 13.8. The molecule has 0 amide bonds. The number of halogens is 4. The number of aryl methyl sites for hydroxylation is 1. The normalized spacial score (nSPS) is 14.6. The van der Waals surface area contributed by atoms with Gasteiger partial charge in [0, 0.05) is 43.4 Å². The minimum atomic E-state index is -4.91. The Kier molecular flexibility index (Phi) is 7.11. The Hall–Kier alpha value is -3.86. The van der Waals surface area contributed by atoms with Gasteiger partial charge in [0.2, 0.25) is 9.84 Å². The maximum absolute atomic E-state index is 13.8. The highest BCUT2D eigenvalue weighted by Gasteiger charge is 2.33. The molecule has 204 valence electrons. The van der Waals surface area contributed by atoms with Crippen LogP contribution in [0, 0.1) is 5.82 Å². The number of benzene rings is 3. The van der Waals surface area contributed by atoms with Crippen molar-refractivity contribution in [2.24, 2.45) is 0 Å². The van der Waals surface area contributed by atoms with Gasteiger partial charge in [0.25, 0.3) is 0 Å². The van der Waals surface area contributed by atoms with Gasteiger partial charge in [-0.05, 0) is 66.6 Å². The van der Waals surface area contributed by atoms with E-state index in [2.05, 4.69) is 9.72 Å². The minimum Gasteiger partial charge on any atom is -0.406 e. The maximum Gasteiger partial charge on any atom is 0.573 e. The average molecular weight is 560 g/mol. The van der Waals surface area contributed by atoms with Crippen LogP contribution in [-0.4, -0.2) is 45.9 Å². The van der Waals surface area contributed by atoms with Crippen molar-refractivity contribution in [1.29, 1.82) is 0 Å². The fraction of sp³-hybridized carbons (Fsp3) is 0.250. The number of hydrogen-bond acceptors (Lipinski definition) is 6. The van der Waals surface area contributed by atoms with Crippen molar-refractivity contribution in [3.63, 3.8) is 0 Å². The molecule has 1 saturated heterocycles. The predicted octanol–water partition coefficient (Wildman–Crippen LogP) is 5.99. The third kappa shape index (κ3) is 5.63. The molecule has 0 atom stereocenters. The Morgan fingerprint density at radius 2 is 1.54 bits per heavy atom. The minimum absolute atomic E-state index is 0.0646. The molecular weight excluding hydrogens is 534 g/mol. The Morgan fingerprint density at radius 1 is 0.897 bits per heavy atom. The third-order valence-corrected chi connectivity index (χ3v) is 8.50. The highest BCUT2D eigenvalue weighted by atomic mass is 32.2. The van der Waals surface area contributed by atoms with E-state index >= 15 is 0 Å². The molecular formula is C28H25F4N3O3S. The highest BCUT2D eigenvalue weighted by molar-refractivity contribution is 7.91. The van der Waals surface area contributed by atoms with E-state index in [4.69, 9.17) is 0 Å².